The van der Waals surface area contributed by atoms with E-state index < -0.39 is 10.0 Å². The minimum atomic E-state index is -3.64. The SMILES string of the molecule is Cc1ccc(S(=O)(=O)n2ccc3cc(CCC(N)=O)ccc32)cc1. The van der Waals surface area contributed by atoms with E-state index in [9.17, 15) is 13.2 Å². The van der Waals surface area contributed by atoms with E-state index >= 15 is 0 Å². The van der Waals surface area contributed by atoms with Gasteiger partial charge in [-0.2, -0.15) is 0 Å². The van der Waals surface area contributed by atoms with Crippen molar-refractivity contribution in [3.05, 3.63) is 65.9 Å². The van der Waals surface area contributed by atoms with Crippen LogP contribution in [0.2, 0.25) is 0 Å². The van der Waals surface area contributed by atoms with Crippen LogP contribution < -0.4 is 5.73 Å². The summed E-state index contributed by atoms with van der Waals surface area (Å²) >= 11 is 0. The molecule has 1 aromatic heterocycles. The molecule has 0 fully saturated rings. The summed E-state index contributed by atoms with van der Waals surface area (Å²) in [7, 11) is -3.64. The molecule has 3 rings (SSSR count). The van der Waals surface area contributed by atoms with Crippen LogP contribution in [0.4, 0.5) is 0 Å². The number of benzene rings is 2. The molecule has 0 atom stereocenters. The van der Waals surface area contributed by atoms with Crippen molar-refractivity contribution in [3.8, 4) is 0 Å². The van der Waals surface area contributed by atoms with Crippen molar-refractivity contribution in [1.82, 2.24) is 3.97 Å². The third kappa shape index (κ3) is 3.05. The van der Waals surface area contributed by atoms with Crippen LogP contribution in [0.1, 0.15) is 17.5 Å². The quantitative estimate of drug-likeness (QED) is 0.774. The van der Waals surface area contributed by atoms with E-state index in [0.29, 0.717) is 11.9 Å². The van der Waals surface area contributed by atoms with E-state index in [2.05, 4.69) is 0 Å². The summed E-state index contributed by atoms with van der Waals surface area (Å²) in [6, 6.07) is 14.0. The molecule has 0 radical (unpaired) electrons. The van der Waals surface area contributed by atoms with Crippen molar-refractivity contribution in [2.24, 2.45) is 5.73 Å². The van der Waals surface area contributed by atoms with Gasteiger partial charge in [-0.3, -0.25) is 4.79 Å². The maximum Gasteiger partial charge on any atom is 0.268 e. The molecule has 0 unspecified atom stereocenters. The number of amides is 1. The number of rotatable bonds is 5. The summed E-state index contributed by atoms with van der Waals surface area (Å²) in [6.45, 7) is 1.91. The summed E-state index contributed by atoms with van der Waals surface area (Å²) in [5, 5.41) is 0.813. The Morgan fingerprint density at radius 3 is 2.46 bits per heavy atom. The Labute approximate surface area is 140 Å². The number of hydrogen-bond acceptors (Lipinski definition) is 3. The highest BCUT2D eigenvalue weighted by Gasteiger charge is 2.18. The average Bonchev–Trinajstić information content (AvgIpc) is 2.97. The first-order valence-electron chi connectivity index (χ1n) is 7.58. The maximum atomic E-state index is 12.8. The van der Waals surface area contributed by atoms with Crippen molar-refractivity contribution < 1.29 is 13.2 Å². The monoisotopic (exact) mass is 342 g/mol. The molecule has 3 aromatic rings. The zero-order chi connectivity index (χ0) is 17.3. The number of carbonyl (C=O) groups excluding carboxylic acids is 1. The van der Waals surface area contributed by atoms with E-state index in [1.165, 1.54) is 3.97 Å². The van der Waals surface area contributed by atoms with Gasteiger partial charge in [0.1, 0.15) is 0 Å². The van der Waals surface area contributed by atoms with Crippen LogP contribution in [-0.2, 0) is 21.2 Å². The van der Waals surface area contributed by atoms with Crippen LogP contribution in [-0.4, -0.2) is 18.3 Å². The van der Waals surface area contributed by atoms with Gasteiger partial charge in [0.2, 0.25) is 5.91 Å². The van der Waals surface area contributed by atoms with Crippen LogP contribution >= 0.6 is 0 Å². The van der Waals surface area contributed by atoms with Gasteiger partial charge in [0, 0.05) is 18.0 Å². The Kier molecular flexibility index (Phi) is 4.15. The number of primary amides is 1. The first kappa shape index (κ1) is 16.3. The minimum Gasteiger partial charge on any atom is -0.370 e. The fourth-order valence-corrected chi connectivity index (χ4v) is 3.98. The lowest BCUT2D eigenvalue weighted by Crippen LogP contribution is -2.12. The Morgan fingerprint density at radius 1 is 1.08 bits per heavy atom. The van der Waals surface area contributed by atoms with E-state index in [4.69, 9.17) is 5.73 Å². The molecule has 0 bridgehead atoms. The Hall–Kier alpha value is -2.60. The van der Waals surface area contributed by atoms with Gasteiger partial charge in [0.25, 0.3) is 10.0 Å². The zero-order valence-electron chi connectivity index (χ0n) is 13.3. The van der Waals surface area contributed by atoms with Crippen LogP contribution in [0.5, 0.6) is 0 Å². The van der Waals surface area contributed by atoms with Crippen LogP contribution in [0, 0.1) is 6.92 Å². The van der Waals surface area contributed by atoms with Crippen molar-refractivity contribution in [2.45, 2.75) is 24.7 Å². The number of carbonyl (C=O) groups is 1. The molecule has 124 valence electrons. The van der Waals surface area contributed by atoms with Gasteiger partial charge in [-0.1, -0.05) is 23.8 Å². The second-order valence-corrected chi connectivity index (χ2v) is 7.60. The predicted molar refractivity (Wildman–Crippen MR) is 93.2 cm³/mol. The second kappa shape index (κ2) is 6.13. The van der Waals surface area contributed by atoms with E-state index in [1.807, 2.05) is 19.1 Å². The molecule has 24 heavy (non-hydrogen) atoms. The Morgan fingerprint density at radius 2 is 1.79 bits per heavy atom. The lowest BCUT2D eigenvalue weighted by molar-refractivity contribution is -0.117. The molecule has 0 spiro atoms. The number of nitrogens with zero attached hydrogens (tertiary/aromatic N) is 1. The van der Waals surface area contributed by atoms with Crippen molar-refractivity contribution in [1.29, 1.82) is 0 Å². The zero-order valence-corrected chi connectivity index (χ0v) is 14.1. The molecule has 0 saturated heterocycles. The third-order valence-electron chi connectivity index (χ3n) is 3.96. The molecular formula is C18H18N2O3S. The van der Waals surface area contributed by atoms with Gasteiger partial charge >= 0.3 is 0 Å². The molecule has 1 heterocycles. The van der Waals surface area contributed by atoms with Gasteiger partial charge in [-0.05, 0) is 49.2 Å². The highest BCUT2D eigenvalue weighted by Crippen LogP contribution is 2.24. The molecule has 0 aliphatic rings. The minimum absolute atomic E-state index is 0.253. The van der Waals surface area contributed by atoms with Gasteiger partial charge < -0.3 is 5.73 Å². The van der Waals surface area contributed by atoms with Gasteiger partial charge in [0.05, 0.1) is 10.4 Å². The van der Waals surface area contributed by atoms with Gasteiger partial charge in [-0.25, -0.2) is 12.4 Å². The number of aromatic nitrogens is 1. The molecule has 0 aliphatic carbocycles. The topological polar surface area (TPSA) is 82.2 Å². The molecular weight excluding hydrogens is 324 g/mol. The molecule has 6 heteroatoms. The van der Waals surface area contributed by atoms with Crippen molar-refractivity contribution in [3.63, 3.8) is 0 Å². The first-order valence-corrected chi connectivity index (χ1v) is 9.02. The van der Waals surface area contributed by atoms with E-state index in [1.54, 1.807) is 42.6 Å². The number of nitrogens with two attached hydrogens (primary N) is 1. The lowest BCUT2D eigenvalue weighted by Gasteiger charge is -2.08. The van der Waals surface area contributed by atoms with Crippen LogP contribution in [0.15, 0.2) is 59.6 Å². The number of aryl methyl sites for hydroxylation is 2. The fourth-order valence-electron chi connectivity index (χ4n) is 2.62. The fraction of sp³-hybridized carbons (Fsp3) is 0.167. The summed E-state index contributed by atoms with van der Waals surface area (Å²) in [5.41, 5.74) is 7.73. The number of hydrogen-bond donors (Lipinski definition) is 1. The smallest absolute Gasteiger partial charge is 0.268 e. The molecule has 5 nitrogen and oxygen atoms in total. The third-order valence-corrected chi connectivity index (χ3v) is 5.66. The van der Waals surface area contributed by atoms with E-state index in [-0.39, 0.29) is 17.2 Å². The largest absolute Gasteiger partial charge is 0.370 e. The highest BCUT2D eigenvalue weighted by atomic mass is 32.2. The summed E-state index contributed by atoms with van der Waals surface area (Å²) < 4.78 is 26.9. The summed E-state index contributed by atoms with van der Waals surface area (Å²) in [6.07, 6.45) is 2.37. The molecule has 0 saturated carbocycles. The molecule has 0 aliphatic heterocycles. The Balaban J connectivity index is 2.01. The van der Waals surface area contributed by atoms with Crippen LogP contribution in [0.25, 0.3) is 10.9 Å². The highest BCUT2D eigenvalue weighted by molar-refractivity contribution is 7.90. The van der Waals surface area contributed by atoms with Gasteiger partial charge in [0.15, 0.2) is 0 Å². The average molecular weight is 342 g/mol. The standard InChI is InChI=1S/C18H18N2O3S/c1-13-2-6-16(7-3-13)24(22,23)20-11-10-15-12-14(4-8-17(15)20)5-9-18(19)21/h2-4,6-8,10-12H,5,9H2,1H3,(H2,19,21). The first-order chi connectivity index (χ1) is 11.4. The van der Waals surface area contributed by atoms with Crippen molar-refractivity contribution >= 4 is 26.8 Å². The summed E-state index contributed by atoms with van der Waals surface area (Å²) in [5.74, 6) is -0.352. The molecule has 1 amide bonds. The van der Waals surface area contributed by atoms with Crippen molar-refractivity contribution in [2.75, 3.05) is 0 Å². The van der Waals surface area contributed by atoms with E-state index in [0.717, 1.165) is 16.5 Å². The normalized spacial score (nSPS) is 11.7. The van der Waals surface area contributed by atoms with Crippen LogP contribution in [0.3, 0.4) is 0 Å². The summed E-state index contributed by atoms with van der Waals surface area (Å²) in [4.78, 5) is 11.1. The number of fused-ring (bicyclic) bond motifs is 1. The Bertz CT molecular complexity index is 1000. The lowest BCUT2D eigenvalue weighted by atomic mass is 10.1. The molecule has 2 N–H and O–H groups in total. The van der Waals surface area contributed by atoms with Gasteiger partial charge in [-0.15, -0.1) is 0 Å². The predicted octanol–water partition coefficient (Wildman–Crippen LogP) is 2.60. The second-order valence-electron chi connectivity index (χ2n) is 5.79. The maximum absolute atomic E-state index is 12.8. The molecule has 2 aromatic carbocycles.